The molecule has 0 radical (unpaired) electrons. The molecule has 0 N–H and O–H groups in total. The number of benzene rings is 3. The first-order valence-corrected chi connectivity index (χ1v) is 8.87. The van der Waals surface area contributed by atoms with E-state index in [-0.39, 0.29) is 5.91 Å². The van der Waals surface area contributed by atoms with Crippen molar-refractivity contribution in [3.05, 3.63) is 77.3 Å². The van der Waals surface area contributed by atoms with Crippen molar-refractivity contribution < 1.29 is 14.4 Å². The maximum Gasteiger partial charge on any atom is 0.278 e. The van der Waals surface area contributed by atoms with E-state index in [4.69, 9.17) is 16.4 Å². The predicted octanol–water partition coefficient (Wildman–Crippen LogP) is 3.79. The number of rotatable bonds is 2. The molecule has 27 heavy (non-hydrogen) atoms. The van der Waals surface area contributed by atoms with E-state index >= 15 is 0 Å². The van der Waals surface area contributed by atoms with Gasteiger partial charge in [-0.15, -0.1) is 0 Å². The summed E-state index contributed by atoms with van der Waals surface area (Å²) in [4.78, 5) is 32.5. The molecular formula is C21H13ClN2O3. The molecule has 0 aromatic heterocycles. The average molecular weight is 377 g/mol. The molecule has 2 aliphatic rings. The molecule has 3 aromatic rings. The number of imide groups is 1. The third-order valence-corrected chi connectivity index (χ3v) is 5.20. The van der Waals surface area contributed by atoms with Gasteiger partial charge in [-0.3, -0.25) is 9.59 Å². The van der Waals surface area contributed by atoms with Crippen molar-refractivity contribution in [2.75, 3.05) is 4.90 Å². The first kappa shape index (κ1) is 16.0. The Hall–Kier alpha value is -3.18. The second kappa shape index (κ2) is 5.93. The average Bonchev–Trinajstić information content (AvgIpc) is 3.23. The fourth-order valence-corrected chi connectivity index (χ4v) is 3.73. The van der Waals surface area contributed by atoms with Crippen molar-refractivity contribution in [2.45, 2.75) is 6.10 Å². The summed E-state index contributed by atoms with van der Waals surface area (Å²) in [5.74, 6) is -1.47. The molecule has 0 bridgehead atoms. The van der Waals surface area contributed by atoms with Crippen LogP contribution in [-0.4, -0.2) is 23.6 Å². The predicted molar refractivity (Wildman–Crippen MR) is 103 cm³/mol. The number of hydrogen-bond acceptors (Lipinski definition) is 4. The summed E-state index contributed by atoms with van der Waals surface area (Å²) in [5, 5.41) is 6.59. The standard InChI is InChI=1S/C21H13ClN2O3/c22-15-8-5-13(6-9-15)18-17-19(27-23-18)21(26)24(20(17)25)16-10-7-12-3-1-2-4-14(12)11-16/h1-11,17,19H/t17-,19-/m0/s1. The fraction of sp³-hybridized carbons (Fsp3) is 0.0952. The zero-order valence-corrected chi connectivity index (χ0v) is 14.8. The maximum atomic E-state index is 13.1. The number of nitrogens with zero attached hydrogens (tertiary/aromatic N) is 2. The van der Waals surface area contributed by atoms with Crippen LogP contribution in [0.5, 0.6) is 0 Å². The fourth-order valence-electron chi connectivity index (χ4n) is 3.61. The van der Waals surface area contributed by atoms with Gasteiger partial charge in [0.25, 0.3) is 5.91 Å². The highest BCUT2D eigenvalue weighted by Crippen LogP contribution is 2.36. The normalized spacial score (nSPS) is 21.4. The molecule has 1 fully saturated rings. The van der Waals surface area contributed by atoms with E-state index in [2.05, 4.69) is 5.16 Å². The number of hydrogen-bond donors (Lipinski definition) is 0. The molecule has 6 heteroatoms. The highest BCUT2D eigenvalue weighted by atomic mass is 35.5. The first-order chi connectivity index (χ1) is 13.1. The Balaban J connectivity index is 1.53. The minimum atomic E-state index is -0.922. The molecule has 0 unspecified atom stereocenters. The zero-order valence-electron chi connectivity index (χ0n) is 14.0. The van der Waals surface area contributed by atoms with Crippen LogP contribution in [0, 0.1) is 5.92 Å². The molecule has 5 nitrogen and oxygen atoms in total. The van der Waals surface area contributed by atoms with E-state index in [1.807, 2.05) is 36.4 Å². The van der Waals surface area contributed by atoms with Gasteiger partial charge in [0.15, 0.2) is 0 Å². The minimum Gasteiger partial charge on any atom is -0.381 e. The van der Waals surface area contributed by atoms with Crippen LogP contribution in [0.2, 0.25) is 5.02 Å². The van der Waals surface area contributed by atoms with Crippen molar-refractivity contribution >= 4 is 45.6 Å². The highest BCUT2D eigenvalue weighted by molar-refractivity contribution is 6.33. The molecule has 0 aliphatic carbocycles. The van der Waals surface area contributed by atoms with Crippen LogP contribution in [-0.2, 0) is 14.4 Å². The molecule has 2 atom stereocenters. The van der Waals surface area contributed by atoms with Gasteiger partial charge in [-0.05, 0) is 35.0 Å². The van der Waals surface area contributed by atoms with Gasteiger partial charge in [-0.1, -0.05) is 59.2 Å². The third kappa shape index (κ3) is 2.43. The second-order valence-electron chi connectivity index (χ2n) is 6.53. The number of fused-ring (bicyclic) bond motifs is 2. The summed E-state index contributed by atoms with van der Waals surface area (Å²) in [6.45, 7) is 0. The molecule has 0 spiro atoms. The molecule has 132 valence electrons. The Kier molecular flexibility index (Phi) is 3.52. The van der Waals surface area contributed by atoms with Crippen molar-refractivity contribution in [1.29, 1.82) is 0 Å². The molecule has 2 heterocycles. The summed E-state index contributed by atoms with van der Waals surface area (Å²) in [7, 11) is 0. The van der Waals surface area contributed by atoms with E-state index in [0.29, 0.717) is 22.0 Å². The lowest BCUT2D eigenvalue weighted by Crippen LogP contribution is -2.33. The number of amides is 2. The van der Waals surface area contributed by atoms with Gasteiger partial charge in [0.05, 0.1) is 5.69 Å². The van der Waals surface area contributed by atoms with Gasteiger partial charge in [-0.2, -0.15) is 0 Å². The number of carbonyl (C=O) groups is 2. The van der Waals surface area contributed by atoms with Gasteiger partial charge in [0.1, 0.15) is 11.6 Å². The lowest BCUT2D eigenvalue weighted by molar-refractivity contribution is -0.126. The zero-order chi connectivity index (χ0) is 18.5. The van der Waals surface area contributed by atoms with E-state index in [1.165, 1.54) is 4.90 Å². The molecular weight excluding hydrogens is 364 g/mol. The van der Waals surface area contributed by atoms with Crippen LogP contribution in [0.4, 0.5) is 5.69 Å². The molecule has 2 aliphatic heterocycles. The van der Waals surface area contributed by atoms with Crippen LogP contribution in [0.25, 0.3) is 10.8 Å². The Morgan fingerprint density at radius 3 is 2.41 bits per heavy atom. The van der Waals surface area contributed by atoms with E-state index < -0.39 is 17.9 Å². The van der Waals surface area contributed by atoms with Crippen molar-refractivity contribution in [3.8, 4) is 0 Å². The van der Waals surface area contributed by atoms with Crippen molar-refractivity contribution in [2.24, 2.45) is 11.1 Å². The maximum absolute atomic E-state index is 13.1. The molecule has 1 saturated heterocycles. The lowest BCUT2D eigenvalue weighted by Gasteiger charge is -2.16. The van der Waals surface area contributed by atoms with Crippen LogP contribution < -0.4 is 4.90 Å². The SMILES string of the molecule is O=C1[C@H]2C(c3ccc(Cl)cc3)=NO[C@@H]2C(=O)N1c1ccc2ccccc2c1. The van der Waals surface area contributed by atoms with E-state index in [0.717, 1.165) is 10.8 Å². The van der Waals surface area contributed by atoms with Crippen LogP contribution in [0.15, 0.2) is 71.9 Å². The van der Waals surface area contributed by atoms with Crippen LogP contribution in [0.3, 0.4) is 0 Å². The summed E-state index contributed by atoms with van der Waals surface area (Å²) < 4.78 is 0. The Labute approximate surface area is 159 Å². The molecule has 5 rings (SSSR count). The van der Waals surface area contributed by atoms with Gasteiger partial charge in [0.2, 0.25) is 12.0 Å². The van der Waals surface area contributed by atoms with Gasteiger partial charge in [0, 0.05) is 10.6 Å². The van der Waals surface area contributed by atoms with E-state index in [1.54, 1.807) is 30.3 Å². The Morgan fingerprint density at radius 2 is 1.63 bits per heavy atom. The smallest absolute Gasteiger partial charge is 0.278 e. The topological polar surface area (TPSA) is 59.0 Å². The monoisotopic (exact) mass is 376 g/mol. The lowest BCUT2D eigenvalue weighted by atomic mass is 9.94. The van der Waals surface area contributed by atoms with Crippen molar-refractivity contribution in [3.63, 3.8) is 0 Å². The van der Waals surface area contributed by atoms with Crippen LogP contribution in [0.1, 0.15) is 5.56 Å². The second-order valence-corrected chi connectivity index (χ2v) is 6.97. The van der Waals surface area contributed by atoms with Gasteiger partial charge < -0.3 is 4.84 Å². The van der Waals surface area contributed by atoms with E-state index in [9.17, 15) is 9.59 Å². The van der Waals surface area contributed by atoms with Crippen molar-refractivity contribution in [1.82, 2.24) is 0 Å². The quantitative estimate of drug-likeness (QED) is 0.639. The summed E-state index contributed by atoms with van der Waals surface area (Å²) in [6.07, 6.45) is -0.922. The molecule has 2 amide bonds. The van der Waals surface area contributed by atoms with Crippen LogP contribution >= 0.6 is 11.6 Å². The number of carbonyl (C=O) groups excluding carboxylic acids is 2. The summed E-state index contributed by atoms with van der Waals surface area (Å²) in [5.41, 5.74) is 1.71. The Bertz CT molecular complexity index is 1120. The number of oxime groups is 1. The number of halogens is 1. The largest absolute Gasteiger partial charge is 0.381 e. The third-order valence-electron chi connectivity index (χ3n) is 4.94. The minimum absolute atomic E-state index is 0.327. The van der Waals surface area contributed by atoms with Gasteiger partial charge >= 0.3 is 0 Å². The summed E-state index contributed by atoms with van der Waals surface area (Å²) in [6, 6.07) is 20.3. The highest BCUT2D eigenvalue weighted by Gasteiger charge is 2.56. The van der Waals surface area contributed by atoms with Gasteiger partial charge in [-0.25, -0.2) is 4.90 Å². The summed E-state index contributed by atoms with van der Waals surface area (Å²) >= 11 is 5.93. The molecule has 0 saturated carbocycles. The number of anilines is 1. The molecule has 3 aromatic carbocycles. The Morgan fingerprint density at radius 1 is 0.889 bits per heavy atom. The first-order valence-electron chi connectivity index (χ1n) is 8.50.